The van der Waals surface area contributed by atoms with E-state index in [9.17, 15) is 14.0 Å². The molecule has 2 rings (SSSR count). The zero-order valence-electron chi connectivity index (χ0n) is 11.1. The number of pyridine rings is 1. The number of Topliss-reactive ketones (excluding diaryl/α,β-unsaturated/α-hetero) is 2. The highest BCUT2D eigenvalue weighted by molar-refractivity contribution is 6.01. The molecule has 0 unspecified atom stereocenters. The van der Waals surface area contributed by atoms with Gasteiger partial charge in [-0.1, -0.05) is 18.2 Å². The summed E-state index contributed by atoms with van der Waals surface area (Å²) in [5, 5.41) is 0. The summed E-state index contributed by atoms with van der Waals surface area (Å²) in [5.41, 5.74) is 1.46. The molecule has 2 aromatic rings. The number of nitrogens with zero attached hydrogens (tertiary/aromatic N) is 1. The highest BCUT2D eigenvalue weighted by Gasteiger charge is 2.13. The van der Waals surface area contributed by atoms with Crippen LogP contribution < -0.4 is 0 Å². The topological polar surface area (TPSA) is 47.0 Å². The molecule has 0 aliphatic carbocycles. The number of carbonyl (C=O) groups excluding carboxylic acids is 2. The molecule has 0 atom stereocenters. The number of aromatic nitrogens is 1. The third-order valence-corrected chi connectivity index (χ3v) is 3.00. The fourth-order valence-corrected chi connectivity index (χ4v) is 1.93. The molecule has 102 valence electrons. The molecule has 1 heterocycles. The van der Waals surface area contributed by atoms with E-state index < -0.39 is 5.82 Å². The van der Waals surface area contributed by atoms with Gasteiger partial charge in [0.2, 0.25) is 0 Å². The van der Waals surface area contributed by atoms with Crippen molar-refractivity contribution in [2.45, 2.75) is 19.8 Å². The third-order valence-electron chi connectivity index (χ3n) is 3.00. The molecular formula is C16H14FNO2. The Morgan fingerprint density at radius 2 is 1.85 bits per heavy atom. The Bertz CT molecular complexity index is 652. The van der Waals surface area contributed by atoms with Gasteiger partial charge in [0.1, 0.15) is 11.5 Å². The number of carbonyl (C=O) groups is 2. The van der Waals surface area contributed by atoms with E-state index in [0.29, 0.717) is 5.69 Å². The number of hydrogen-bond donors (Lipinski definition) is 0. The van der Waals surface area contributed by atoms with Gasteiger partial charge in [-0.3, -0.25) is 14.6 Å². The van der Waals surface area contributed by atoms with Gasteiger partial charge in [-0.15, -0.1) is 0 Å². The van der Waals surface area contributed by atoms with Crippen LogP contribution in [0.3, 0.4) is 0 Å². The van der Waals surface area contributed by atoms with Crippen molar-refractivity contribution >= 4 is 11.6 Å². The second-order valence-corrected chi connectivity index (χ2v) is 4.53. The predicted molar refractivity (Wildman–Crippen MR) is 73.3 cm³/mol. The first kappa shape index (κ1) is 14.1. The van der Waals surface area contributed by atoms with E-state index >= 15 is 0 Å². The van der Waals surface area contributed by atoms with Crippen molar-refractivity contribution in [1.29, 1.82) is 0 Å². The highest BCUT2D eigenvalue weighted by Crippen LogP contribution is 2.12. The maximum atomic E-state index is 13.0. The number of halogens is 1. The number of benzene rings is 1. The van der Waals surface area contributed by atoms with Crippen molar-refractivity contribution in [3.05, 3.63) is 65.2 Å². The summed E-state index contributed by atoms with van der Waals surface area (Å²) in [4.78, 5) is 27.9. The summed E-state index contributed by atoms with van der Waals surface area (Å²) in [6.45, 7) is 1.80. The van der Waals surface area contributed by atoms with Gasteiger partial charge in [-0.25, -0.2) is 4.39 Å². The van der Waals surface area contributed by atoms with E-state index in [0.717, 1.165) is 5.56 Å². The normalized spacial score (nSPS) is 10.3. The van der Waals surface area contributed by atoms with E-state index in [-0.39, 0.29) is 30.0 Å². The average Bonchev–Trinajstić information content (AvgIpc) is 2.45. The molecule has 0 spiro atoms. The summed E-state index contributed by atoms with van der Waals surface area (Å²) in [6.07, 6.45) is 1.68. The monoisotopic (exact) mass is 271 g/mol. The standard InChI is InChI=1S/C16H14FNO2/c1-11-4-3-9-18-16(11)15(20)8-7-14(19)12-5-2-6-13(17)10-12/h2-6,9-10H,7-8H2,1H3. The Balaban J connectivity index is 2.01. The molecule has 1 aromatic heterocycles. The van der Waals surface area contributed by atoms with Crippen LogP contribution in [-0.2, 0) is 0 Å². The quantitative estimate of drug-likeness (QED) is 0.783. The Morgan fingerprint density at radius 3 is 2.55 bits per heavy atom. The van der Waals surface area contributed by atoms with Gasteiger partial charge in [0.15, 0.2) is 11.6 Å². The van der Waals surface area contributed by atoms with E-state index in [4.69, 9.17) is 0 Å². The maximum absolute atomic E-state index is 13.0. The zero-order chi connectivity index (χ0) is 14.5. The summed E-state index contributed by atoms with van der Waals surface area (Å²) in [7, 11) is 0. The second-order valence-electron chi connectivity index (χ2n) is 4.53. The van der Waals surface area contributed by atoms with Gasteiger partial charge in [0.05, 0.1) is 0 Å². The van der Waals surface area contributed by atoms with Gasteiger partial charge in [0, 0.05) is 24.6 Å². The van der Waals surface area contributed by atoms with Crippen molar-refractivity contribution in [1.82, 2.24) is 4.98 Å². The largest absolute Gasteiger partial charge is 0.294 e. The Labute approximate surface area is 116 Å². The molecule has 0 N–H and O–H groups in total. The molecule has 3 nitrogen and oxygen atoms in total. The highest BCUT2D eigenvalue weighted by atomic mass is 19.1. The van der Waals surface area contributed by atoms with Crippen LogP contribution in [0.5, 0.6) is 0 Å². The minimum absolute atomic E-state index is 0.0539. The first-order valence-electron chi connectivity index (χ1n) is 6.31. The fraction of sp³-hybridized carbons (Fsp3) is 0.188. The van der Waals surface area contributed by atoms with Crippen molar-refractivity contribution in [3.63, 3.8) is 0 Å². The molecule has 0 radical (unpaired) electrons. The van der Waals surface area contributed by atoms with Gasteiger partial charge < -0.3 is 0 Å². The van der Waals surface area contributed by atoms with Crippen LogP contribution >= 0.6 is 0 Å². The molecular weight excluding hydrogens is 257 g/mol. The zero-order valence-corrected chi connectivity index (χ0v) is 11.1. The van der Waals surface area contributed by atoms with Crippen LogP contribution in [0.25, 0.3) is 0 Å². The Morgan fingerprint density at radius 1 is 1.10 bits per heavy atom. The van der Waals surface area contributed by atoms with Gasteiger partial charge >= 0.3 is 0 Å². The molecule has 0 bridgehead atoms. The lowest BCUT2D eigenvalue weighted by Gasteiger charge is -2.03. The molecule has 0 aliphatic rings. The molecule has 1 aromatic carbocycles. The average molecular weight is 271 g/mol. The van der Waals surface area contributed by atoms with Crippen LogP contribution in [0.1, 0.15) is 39.3 Å². The third kappa shape index (κ3) is 3.35. The predicted octanol–water partition coefficient (Wildman–Crippen LogP) is 3.37. The molecule has 4 heteroatoms. The fourth-order valence-electron chi connectivity index (χ4n) is 1.93. The van der Waals surface area contributed by atoms with Gasteiger partial charge in [-0.05, 0) is 30.7 Å². The summed E-state index contributed by atoms with van der Waals surface area (Å²) >= 11 is 0. The molecule has 0 fully saturated rings. The van der Waals surface area contributed by atoms with E-state index in [1.54, 1.807) is 31.3 Å². The summed E-state index contributed by atoms with van der Waals surface area (Å²) in [6, 6.07) is 9.03. The van der Waals surface area contributed by atoms with Gasteiger partial charge in [-0.2, -0.15) is 0 Å². The first-order chi connectivity index (χ1) is 9.58. The van der Waals surface area contributed by atoms with Crippen molar-refractivity contribution in [3.8, 4) is 0 Å². The molecule has 0 amide bonds. The number of ketones is 2. The first-order valence-corrected chi connectivity index (χ1v) is 6.31. The lowest BCUT2D eigenvalue weighted by molar-refractivity contribution is 0.0914. The molecule has 20 heavy (non-hydrogen) atoms. The number of aryl methyl sites for hydroxylation is 1. The summed E-state index contributed by atoms with van der Waals surface area (Å²) in [5.74, 6) is -0.873. The lowest BCUT2D eigenvalue weighted by atomic mass is 10.0. The van der Waals surface area contributed by atoms with E-state index in [1.165, 1.54) is 18.2 Å². The molecule has 0 saturated carbocycles. The Kier molecular flexibility index (Phi) is 4.35. The minimum atomic E-state index is -0.456. The number of hydrogen-bond acceptors (Lipinski definition) is 3. The number of rotatable bonds is 5. The second kappa shape index (κ2) is 6.19. The molecule has 0 saturated heterocycles. The molecule has 0 aliphatic heterocycles. The van der Waals surface area contributed by atoms with Crippen molar-refractivity contribution < 1.29 is 14.0 Å². The van der Waals surface area contributed by atoms with E-state index in [2.05, 4.69) is 4.98 Å². The lowest BCUT2D eigenvalue weighted by Crippen LogP contribution is -2.08. The van der Waals surface area contributed by atoms with Crippen LogP contribution in [0, 0.1) is 12.7 Å². The van der Waals surface area contributed by atoms with Crippen LogP contribution in [0.15, 0.2) is 42.6 Å². The van der Waals surface area contributed by atoms with Crippen molar-refractivity contribution in [2.24, 2.45) is 0 Å². The van der Waals surface area contributed by atoms with E-state index in [1.807, 2.05) is 0 Å². The van der Waals surface area contributed by atoms with Crippen molar-refractivity contribution in [2.75, 3.05) is 0 Å². The van der Waals surface area contributed by atoms with Crippen LogP contribution in [0.2, 0.25) is 0 Å². The smallest absolute Gasteiger partial charge is 0.181 e. The maximum Gasteiger partial charge on any atom is 0.181 e. The Hall–Kier alpha value is -2.36. The van der Waals surface area contributed by atoms with Gasteiger partial charge in [0.25, 0.3) is 0 Å². The SMILES string of the molecule is Cc1cccnc1C(=O)CCC(=O)c1cccc(F)c1. The van der Waals surface area contributed by atoms with Crippen LogP contribution in [0.4, 0.5) is 4.39 Å². The minimum Gasteiger partial charge on any atom is -0.294 e. The summed E-state index contributed by atoms with van der Waals surface area (Å²) < 4.78 is 13.0. The van der Waals surface area contributed by atoms with Crippen LogP contribution in [-0.4, -0.2) is 16.6 Å².